The summed E-state index contributed by atoms with van der Waals surface area (Å²) in [7, 11) is 3.75. The third-order valence-electron chi connectivity index (χ3n) is 20.5. The van der Waals surface area contributed by atoms with Gasteiger partial charge in [-0.2, -0.15) is 52.7 Å². The summed E-state index contributed by atoms with van der Waals surface area (Å²) in [5.41, 5.74) is -2.93. The molecule has 6 aromatic carbocycles. The zero-order valence-electron chi connectivity index (χ0n) is 65.9. The van der Waals surface area contributed by atoms with Crippen LogP contribution >= 0.6 is 93.6 Å². The van der Waals surface area contributed by atoms with Gasteiger partial charge in [-0.3, -0.25) is 9.59 Å². The minimum atomic E-state index is -4.66. The minimum absolute atomic E-state index is 0. The molecule has 0 saturated heterocycles. The van der Waals surface area contributed by atoms with Crippen LogP contribution < -0.4 is 78.2 Å². The second kappa shape index (κ2) is 38.6. The Labute approximate surface area is 787 Å². The number of alkyl halides is 12. The van der Waals surface area contributed by atoms with Gasteiger partial charge in [-0.25, -0.2) is 44.9 Å². The molecule has 638 valence electrons. The van der Waals surface area contributed by atoms with E-state index in [1.54, 1.807) is 67.7 Å². The van der Waals surface area contributed by atoms with Crippen molar-refractivity contribution in [3.05, 3.63) is 297 Å². The van der Waals surface area contributed by atoms with E-state index < -0.39 is 46.7 Å². The maximum Gasteiger partial charge on any atom is 1.00 e. The Morgan fingerprint density at radius 1 is 0.463 bits per heavy atom. The normalized spacial score (nSPS) is 15.8. The Morgan fingerprint density at radius 2 is 0.894 bits per heavy atom. The van der Waals surface area contributed by atoms with Gasteiger partial charge in [0.25, 0.3) is 0 Å². The van der Waals surface area contributed by atoms with Gasteiger partial charge < -0.3 is 31.2 Å². The summed E-state index contributed by atoms with van der Waals surface area (Å²) in [6, 6.07) is 39.8. The molecule has 0 radical (unpaired) electrons. The van der Waals surface area contributed by atoms with E-state index in [4.69, 9.17) is 74.3 Å². The topological polar surface area (TPSA) is 205 Å². The molecule has 0 amide bonds. The standard InChI is InChI=1S/C17H16ClF3N2.C15H12ClF3N2O.C15H12ClF3N2.C13H6ClF3N2.C13H10ClN3O.C12H8ClN3O.CH4.HI.K.H2.H/c1-2-3-8-16(17(19,20)21)12-5-4-9-22-15(12)23-14-7-6-11(18)10-13(14)16;1-2-22-14(15(17,18)19)10-4-3-7-20-13(10)21-12-6-5-9(16)8-11(12)14;1-2-14(15(17,18)19)10-4-3-7-20-13(10)21-12-6-5-9(16)8-11(12)14;14-7-3-4-10-9(6-7)11(13(15,16)17)8-2-1-5-18-12(8)19-10;1-7-15-6-10-12(18)9-5-8(14)3-4-11(9)17(2)13(10)16-7;1-16-10-3-2-7(13)4-8(10)11(17)9-5-14-6-15-12(9)16;;;;;/h4-7,9-10H,2-3,8H2,1H3,(H,22,23);3-8H,2H2,1H3,(H,20,21);3-8H,2H2,1H3,(H,20,21);1-6H;3-6H,1-2H3;2-6H,1H3;1H4;1H;;1H;/q;;;;;;;;+1;;-1. The molecular formula is C86H72Cl6F12IKN14O3. The number of nitrogens with zero attached hydrogens (tertiary/aromatic N) is 11. The number of ether oxygens (including phenoxy) is 1. The predicted octanol–water partition coefficient (Wildman–Crippen LogP) is 23.2. The summed E-state index contributed by atoms with van der Waals surface area (Å²) in [5.74, 6) is 1.27. The van der Waals surface area contributed by atoms with Crippen LogP contribution in [-0.2, 0) is 41.4 Å². The summed E-state index contributed by atoms with van der Waals surface area (Å²) < 4.78 is 176. The maximum absolute atomic E-state index is 14.3. The molecule has 3 N–H and O–H groups in total. The zero-order valence-corrected chi connectivity index (χ0v) is 74.9. The van der Waals surface area contributed by atoms with E-state index in [0.717, 1.165) is 11.0 Å². The van der Waals surface area contributed by atoms with Crippen LogP contribution in [0.4, 0.5) is 87.2 Å². The molecule has 37 heteroatoms. The van der Waals surface area contributed by atoms with E-state index in [1.165, 1.54) is 142 Å². The van der Waals surface area contributed by atoms with E-state index >= 15 is 0 Å². The third-order valence-corrected chi connectivity index (χ3v) is 21.9. The van der Waals surface area contributed by atoms with Crippen molar-refractivity contribution >= 4 is 194 Å². The first-order chi connectivity index (χ1) is 56.9. The Hall–Kier alpha value is -8.68. The Bertz CT molecular complexity index is 6630. The summed E-state index contributed by atoms with van der Waals surface area (Å²) in [6.45, 7) is 6.63. The van der Waals surface area contributed by atoms with Crippen LogP contribution in [-0.4, -0.2) is 79.1 Å². The number of benzene rings is 6. The molecular weight excluding hydrogens is 1880 g/mol. The number of rotatable bonds is 6. The van der Waals surface area contributed by atoms with Gasteiger partial charge in [-0.05, 0) is 177 Å². The molecule has 18 rings (SSSR count). The molecule has 123 heavy (non-hydrogen) atoms. The van der Waals surface area contributed by atoms with Crippen molar-refractivity contribution in [2.45, 2.75) is 102 Å². The van der Waals surface area contributed by atoms with Crippen LogP contribution in [0.3, 0.4) is 0 Å². The first-order valence-electron chi connectivity index (χ1n) is 36.5. The minimum Gasteiger partial charge on any atom is -1.00 e. The molecule has 9 aromatic heterocycles. The van der Waals surface area contributed by atoms with Crippen molar-refractivity contribution in [1.82, 2.24) is 54.0 Å². The Balaban J connectivity index is 0.000000185. The van der Waals surface area contributed by atoms with Crippen LogP contribution in [0.5, 0.6) is 0 Å². The van der Waals surface area contributed by atoms with Crippen LogP contribution in [0.25, 0.3) is 65.8 Å². The number of hydrogen-bond donors (Lipinski definition) is 3. The molecule has 0 spiro atoms. The molecule has 12 heterocycles. The van der Waals surface area contributed by atoms with Gasteiger partial charge in [0.05, 0.1) is 32.9 Å². The summed E-state index contributed by atoms with van der Waals surface area (Å²) in [5, 5.41) is 13.1. The van der Waals surface area contributed by atoms with Gasteiger partial charge in [0.2, 0.25) is 5.60 Å². The fourth-order valence-electron chi connectivity index (χ4n) is 15.1. The van der Waals surface area contributed by atoms with Gasteiger partial charge >= 0.3 is 76.1 Å². The average molecular weight is 1960 g/mol. The number of fused-ring (bicyclic) bond motifs is 12. The number of aromatic nitrogens is 11. The predicted molar refractivity (Wildman–Crippen MR) is 471 cm³/mol. The number of halogens is 19. The number of aryl methyl sites for hydroxylation is 3. The van der Waals surface area contributed by atoms with E-state index in [0.29, 0.717) is 77.9 Å². The largest absolute Gasteiger partial charge is 1.00 e. The molecule has 0 saturated carbocycles. The average Bonchev–Trinajstić information content (AvgIpc) is 0.721. The maximum atomic E-state index is 14.3. The third kappa shape index (κ3) is 18.7. The molecule has 15 aromatic rings. The Kier molecular flexibility index (Phi) is 30.3. The molecule has 0 fully saturated rings. The first-order valence-corrected chi connectivity index (χ1v) is 38.8. The SMILES string of the molecule is C.CCC1(C(F)(F)F)c2cc(Cl)ccc2Nc2ncccc21.CCCCC1(C(F)(F)F)c2cc(Cl)ccc2Nc2ncccc21.CCOC1(C(F)(F)F)c2cc(Cl)ccc2Nc2ncccc21.Cc1ncc2c(=O)c3cc(Cl)ccc3n(C)c2n1.Cn1c2ccc(Cl)cc2c(=O)c2cncnc21.FC(F)(F)c1c2cc(Cl)ccc2nc2ncccc12.I.[H-].[HH].[K+]. The smallest absolute Gasteiger partial charge is 1.00 e. The van der Waals surface area contributed by atoms with Crippen LogP contribution in [0.1, 0.15) is 102 Å². The fraction of sp³-hybridized carbons (Fsp3) is 0.221. The number of anilines is 6. The van der Waals surface area contributed by atoms with Gasteiger partial charge in [0, 0.05) is 150 Å². The van der Waals surface area contributed by atoms with Crippen LogP contribution in [0.2, 0.25) is 30.1 Å². The monoisotopic (exact) mass is 1950 g/mol. The summed E-state index contributed by atoms with van der Waals surface area (Å²) in [4.78, 5) is 61.2. The van der Waals surface area contributed by atoms with Gasteiger partial charge in [-0.15, -0.1) is 24.0 Å². The summed E-state index contributed by atoms with van der Waals surface area (Å²) in [6.07, 6.45) is -6.71. The van der Waals surface area contributed by atoms with Crippen LogP contribution in [0, 0.1) is 6.92 Å². The second-order valence-electron chi connectivity index (χ2n) is 27.6. The first kappa shape index (κ1) is 96.5. The second-order valence-corrected chi connectivity index (χ2v) is 30.2. The Morgan fingerprint density at radius 3 is 1.39 bits per heavy atom. The van der Waals surface area contributed by atoms with Gasteiger partial charge in [-0.1, -0.05) is 122 Å². The van der Waals surface area contributed by atoms with E-state index in [9.17, 15) is 62.3 Å². The molecule has 17 nitrogen and oxygen atoms in total. The number of unbranched alkanes of at least 4 members (excludes halogenated alkanes) is 1. The van der Waals surface area contributed by atoms with Gasteiger partial charge in [0.15, 0.2) is 16.5 Å². The van der Waals surface area contributed by atoms with Crippen molar-refractivity contribution in [2.24, 2.45) is 14.1 Å². The van der Waals surface area contributed by atoms with E-state index in [1.807, 2.05) is 42.3 Å². The number of hydrogen-bond acceptors (Lipinski definition) is 15. The molecule has 3 atom stereocenters. The van der Waals surface area contributed by atoms with Crippen molar-refractivity contribution in [2.75, 3.05) is 22.6 Å². The van der Waals surface area contributed by atoms with E-state index in [2.05, 4.69) is 60.8 Å². The quantitative estimate of drug-likeness (QED) is 0.0613. The molecule has 3 aliphatic rings. The zero-order chi connectivity index (χ0) is 86.3. The number of nitrogens with one attached hydrogen (secondary N) is 3. The van der Waals surface area contributed by atoms with Crippen molar-refractivity contribution in [3.8, 4) is 0 Å². The van der Waals surface area contributed by atoms with Crippen molar-refractivity contribution in [3.63, 3.8) is 0 Å². The summed E-state index contributed by atoms with van der Waals surface area (Å²) >= 11 is 35.5. The van der Waals surface area contributed by atoms with E-state index in [-0.39, 0.29) is 209 Å². The van der Waals surface area contributed by atoms with Crippen molar-refractivity contribution < 1.29 is 112 Å². The molecule has 0 aliphatic carbocycles. The molecule has 3 aliphatic heterocycles. The van der Waals surface area contributed by atoms with Crippen molar-refractivity contribution in [1.29, 1.82) is 0 Å². The fourth-order valence-corrected chi connectivity index (χ4v) is 16.2. The molecule has 0 bridgehead atoms. The molecule has 3 unspecified atom stereocenters. The van der Waals surface area contributed by atoms with Gasteiger partial charge in [0.1, 0.15) is 51.7 Å². The van der Waals surface area contributed by atoms with Crippen LogP contribution in [0.15, 0.2) is 211 Å². The number of pyridine rings is 7.